The van der Waals surface area contributed by atoms with E-state index in [1.54, 1.807) is 0 Å². The van der Waals surface area contributed by atoms with Crippen LogP contribution in [-0.4, -0.2) is 0 Å². The summed E-state index contributed by atoms with van der Waals surface area (Å²) in [7, 11) is 0. The molecule has 0 bridgehead atoms. The summed E-state index contributed by atoms with van der Waals surface area (Å²) in [6.45, 7) is 0. The molecular weight excluding hydrogens is 328 g/mol. The monoisotopic (exact) mass is 326 g/mol. The molecule has 0 aliphatic rings. The molecule has 0 atom stereocenters. The average Bonchev–Trinajstić information content (AvgIpc) is 0. The molecule has 0 heterocycles. The average molecular weight is 328 g/mol. The molecule has 0 aliphatic heterocycles. The van der Waals surface area contributed by atoms with Gasteiger partial charge in [-0.05, 0) is 0 Å². The molecule has 0 spiro atoms. The van der Waals surface area contributed by atoms with Crippen LogP contribution in [0.15, 0.2) is 0 Å². The van der Waals surface area contributed by atoms with Gasteiger partial charge in [0.25, 0.3) is 0 Å². The minimum atomic E-state index is 0. The van der Waals surface area contributed by atoms with Crippen LogP contribution in [0.1, 0.15) is 0 Å². The van der Waals surface area contributed by atoms with E-state index in [4.69, 9.17) is 0 Å². The second kappa shape index (κ2) is 28.4. The molecule has 5 heteroatoms. The van der Waals surface area contributed by atoms with Gasteiger partial charge in [0.1, 0.15) is 0 Å². The van der Waals surface area contributed by atoms with E-state index in [2.05, 4.69) is 0 Å². The van der Waals surface area contributed by atoms with Crippen molar-refractivity contribution in [1.82, 2.24) is 0 Å². The van der Waals surface area contributed by atoms with Crippen molar-refractivity contribution in [3.05, 3.63) is 0 Å². The van der Waals surface area contributed by atoms with Crippen molar-refractivity contribution in [3.8, 4) is 0 Å². The summed E-state index contributed by atoms with van der Waals surface area (Å²) >= 11 is 0. The Labute approximate surface area is 92.2 Å². The Balaban J connectivity index is 0. The molecule has 0 saturated carbocycles. The van der Waals surface area contributed by atoms with Crippen molar-refractivity contribution < 1.29 is 93.6 Å². The Morgan fingerprint density at radius 3 is 1.00 bits per heavy atom. The van der Waals surface area contributed by atoms with E-state index in [9.17, 15) is 0 Å². The first-order chi connectivity index (χ1) is 0. The molecule has 42 valence electrons. The largest absolute Gasteiger partial charge is 0 e. The minimum absolute atomic E-state index is 0. The topological polar surface area (TPSA) is 0 Å². The van der Waals surface area contributed by atoms with Crippen molar-refractivity contribution in [1.29, 1.82) is 0 Å². The molecule has 0 saturated heterocycles. The molecule has 0 unspecified atom stereocenters. The quantitative estimate of drug-likeness (QED) is 0.549. The van der Waals surface area contributed by atoms with Crippen molar-refractivity contribution in [2.24, 2.45) is 0 Å². The first kappa shape index (κ1) is 44.5. The molecule has 0 amide bonds. The SMILES string of the molecule is [Co].[Cu].[Fe].[Ni].[Zr]. The first-order valence-corrected chi connectivity index (χ1v) is 0. The van der Waals surface area contributed by atoms with Gasteiger partial charge in [-0.25, -0.2) is 0 Å². The second-order valence-electron chi connectivity index (χ2n) is 0. The molecule has 0 nitrogen and oxygen atoms in total. The van der Waals surface area contributed by atoms with Gasteiger partial charge in [-0.1, -0.05) is 0 Å². The Kier molecular flexibility index (Phi) is 253. The fraction of sp³-hybridized carbons (Fsp3) is 0. The molecule has 0 rings (SSSR count). The molecule has 0 aromatic carbocycles. The molecule has 2 radical (unpaired) electrons. The van der Waals surface area contributed by atoms with Gasteiger partial charge in [0, 0.05) is 93.6 Å². The van der Waals surface area contributed by atoms with Crippen molar-refractivity contribution in [3.63, 3.8) is 0 Å². The molecule has 0 N–H and O–H groups in total. The molecule has 0 fully saturated rings. The third kappa shape index (κ3) is 19.6. The normalized spacial score (nSPS) is 0. The standard InChI is InChI=1S/Co.Cu.Fe.Ni.Zr. The van der Waals surface area contributed by atoms with Gasteiger partial charge in [0.05, 0.1) is 0 Å². The van der Waals surface area contributed by atoms with Crippen molar-refractivity contribution in [2.75, 3.05) is 0 Å². The summed E-state index contributed by atoms with van der Waals surface area (Å²) in [5.74, 6) is 0. The Hall–Kier alpha value is 2.92. The van der Waals surface area contributed by atoms with E-state index in [0.29, 0.717) is 0 Å². The van der Waals surface area contributed by atoms with E-state index in [1.807, 2.05) is 0 Å². The van der Waals surface area contributed by atoms with Gasteiger partial charge in [-0.3, -0.25) is 0 Å². The van der Waals surface area contributed by atoms with Gasteiger partial charge in [0.15, 0.2) is 0 Å². The Morgan fingerprint density at radius 2 is 1.00 bits per heavy atom. The van der Waals surface area contributed by atoms with Crippen LogP contribution in [0.5, 0.6) is 0 Å². The van der Waals surface area contributed by atoms with Gasteiger partial charge < -0.3 is 0 Å². The minimum Gasteiger partial charge on any atom is 0 e. The summed E-state index contributed by atoms with van der Waals surface area (Å²) in [6.07, 6.45) is 0. The molecular formula is CoCuFeNiZr. The number of rotatable bonds is 0. The van der Waals surface area contributed by atoms with Crippen LogP contribution in [0.3, 0.4) is 0 Å². The number of hydrogen-bond acceptors (Lipinski definition) is 0. The number of hydrogen-bond donors (Lipinski definition) is 0. The fourth-order valence-electron chi connectivity index (χ4n) is 0. The van der Waals surface area contributed by atoms with Gasteiger partial charge in [-0.2, -0.15) is 0 Å². The smallest absolute Gasteiger partial charge is 0 e. The Morgan fingerprint density at radius 1 is 1.00 bits per heavy atom. The van der Waals surface area contributed by atoms with Crippen LogP contribution in [0, 0.1) is 0 Å². The zero-order valence-electron chi connectivity index (χ0n) is 1.80. The third-order valence-electron chi connectivity index (χ3n) is 0. The maximum absolute atomic E-state index is 0. The van der Waals surface area contributed by atoms with Crippen LogP contribution in [0.25, 0.3) is 0 Å². The predicted octanol–water partition coefficient (Wildman–Crippen LogP) is -0.0125. The molecule has 0 aromatic heterocycles. The molecule has 0 aliphatic carbocycles. The summed E-state index contributed by atoms with van der Waals surface area (Å²) in [4.78, 5) is 0. The van der Waals surface area contributed by atoms with Crippen LogP contribution < -0.4 is 0 Å². The second-order valence-corrected chi connectivity index (χ2v) is 0. The maximum Gasteiger partial charge on any atom is 0 e. The van der Waals surface area contributed by atoms with Gasteiger partial charge >= 0.3 is 0 Å². The van der Waals surface area contributed by atoms with Crippen molar-refractivity contribution in [2.45, 2.75) is 0 Å². The van der Waals surface area contributed by atoms with E-state index in [0.717, 1.165) is 0 Å². The van der Waals surface area contributed by atoms with Crippen molar-refractivity contribution >= 4 is 0 Å². The van der Waals surface area contributed by atoms with E-state index in [-0.39, 0.29) is 93.6 Å². The fourth-order valence-corrected chi connectivity index (χ4v) is 0. The summed E-state index contributed by atoms with van der Waals surface area (Å²) < 4.78 is 0. The summed E-state index contributed by atoms with van der Waals surface area (Å²) in [6, 6.07) is 0. The third-order valence-corrected chi connectivity index (χ3v) is 0. The summed E-state index contributed by atoms with van der Waals surface area (Å²) in [5.41, 5.74) is 0. The Bertz CT molecular complexity index is 11.6. The van der Waals surface area contributed by atoms with E-state index in [1.165, 1.54) is 0 Å². The van der Waals surface area contributed by atoms with E-state index < -0.39 is 0 Å². The predicted molar refractivity (Wildman–Crippen MR) is 0 cm³/mol. The van der Waals surface area contributed by atoms with E-state index >= 15 is 0 Å². The van der Waals surface area contributed by atoms with Crippen LogP contribution in [0.2, 0.25) is 0 Å². The maximum atomic E-state index is 0. The molecule has 5 heavy (non-hydrogen) atoms. The van der Waals surface area contributed by atoms with Gasteiger partial charge in [-0.15, -0.1) is 0 Å². The van der Waals surface area contributed by atoms with Crippen LogP contribution >= 0.6 is 0 Å². The molecule has 0 aromatic rings. The summed E-state index contributed by atoms with van der Waals surface area (Å²) in [5, 5.41) is 0. The van der Waals surface area contributed by atoms with Crippen LogP contribution in [-0.2, 0) is 93.6 Å². The van der Waals surface area contributed by atoms with Gasteiger partial charge in [0.2, 0.25) is 0 Å². The first-order valence-electron chi connectivity index (χ1n) is 0. The zero-order chi connectivity index (χ0) is 0. The zero-order valence-corrected chi connectivity index (χ0v) is 8.34. The van der Waals surface area contributed by atoms with Crippen LogP contribution in [0.4, 0.5) is 0 Å².